The molecule has 2 nitrogen and oxygen atoms in total. The Balaban J connectivity index is 1.67. The second kappa shape index (κ2) is 7.06. The average molecular weight is 441 g/mol. The third kappa shape index (κ3) is 2.65. The van der Waals surface area contributed by atoms with Crippen LogP contribution in [-0.4, -0.2) is 6.48 Å². The first-order chi connectivity index (χ1) is 16.3. The summed E-state index contributed by atoms with van der Waals surface area (Å²) >= 11 is 1.84. The van der Waals surface area contributed by atoms with Gasteiger partial charge in [0.25, 0.3) is 0 Å². The van der Waals surface area contributed by atoms with E-state index in [2.05, 4.69) is 126 Å². The van der Waals surface area contributed by atoms with E-state index in [1.165, 1.54) is 26.0 Å². The molecule has 0 unspecified atom stereocenters. The third-order valence-electron chi connectivity index (χ3n) is 6.79. The van der Waals surface area contributed by atoms with Crippen molar-refractivity contribution in [3.63, 3.8) is 0 Å². The van der Waals surface area contributed by atoms with Gasteiger partial charge in [-0.25, -0.2) is 0 Å². The fraction of sp³-hybridized carbons (Fsp3) is 0. The molecule has 1 aliphatic heterocycles. The molecule has 156 valence electrons. The van der Waals surface area contributed by atoms with Crippen LogP contribution in [0.4, 0.5) is 0 Å². The highest BCUT2D eigenvalue weighted by molar-refractivity contribution is 7.21. The number of hydrogen-bond donors (Lipinski definition) is 0. The Morgan fingerprint density at radius 3 is 1.88 bits per heavy atom. The average Bonchev–Trinajstić information content (AvgIpc) is 3.29. The number of para-hydroxylation sites is 1. The van der Waals surface area contributed by atoms with Crippen LogP contribution in [0.3, 0.4) is 0 Å². The summed E-state index contributed by atoms with van der Waals surface area (Å²) in [5.74, 6) is 0.938. The quantitative estimate of drug-likeness (QED) is 0.323. The molecule has 0 spiro atoms. The summed E-state index contributed by atoms with van der Waals surface area (Å²) in [6.07, 6.45) is 0. The maximum atomic E-state index is 7.22. The molecule has 0 fully saturated rings. The Morgan fingerprint density at radius 2 is 1.18 bits per heavy atom. The van der Waals surface area contributed by atoms with Crippen molar-refractivity contribution in [2.45, 2.75) is 0 Å². The third-order valence-corrected chi connectivity index (χ3v) is 7.97. The number of fused-ring (bicyclic) bond motifs is 6. The van der Waals surface area contributed by atoms with Gasteiger partial charge >= 0.3 is 6.48 Å². The van der Waals surface area contributed by atoms with E-state index in [0.29, 0.717) is 0 Å². The van der Waals surface area contributed by atoms with Crippen LogP contribution in [0.1, 0.15) is 0 Å². The van der Waals surface area contributed by atoms with Gasteiger partial charge in [0.15, 0.2) is 5.52 Å². The molecule has 0 atom stereocenters. The molecule has 0 radical (unpaired) electrons. The zero-order chi connectivity index (χ0) is 21.8. The molecule has 0 saturated heterocycles. The fourth-order valence-electron chi connectivity index (χ4n) is 5.33. The Bertz CT molecular complexity index is 1600. The Morgan fingerprint density at radius 1 is 0.606 bits per heavy atom. The standard InChI is InChI=1S/C29H20BNOS/c1-3-13-23(14-4-1)30(24-15-5-2-6-16-24)31-26-17-9-10-18-28(26)33-29(31)25-19-21-11-7-8-12-22(21)20-27(25)32-30/h1-20H. The summed E-state index contributed by atoms with van der Waals surface area (Å²) in [5, 5.41) is 3.65. The van der Waals surface area contributed by atoms with Gasteiger partial charge in [-0.1, -0.05) is 119 Å². The molecular formula is C29H20BNOS. The van der Waals surface area contributed by atoms with Crippen LogP contribution in [0, 0.1) is 0 Å². The van der Waals surface area contributed by atoms with Crippen LogP contribution in [-0.2, 0) is 0 Å². The van der Waals surface area contributed by atoms with E-state index in [1.807, 2.05) is 11.3 Å². The number of benzene rings is 5. The van der Waals surface area contributed by atoms with Gasteiger partial charge < -0.3 is 9.13 Å². The molecule has 0 aliphatic carbocycles. The minimum atomic E-state index is -1.74. The summed E-state index contributed by atoms with van der Waals surface area (Å²) in [6, 6.07) is 43.0. The van der Waals surface area contributed by atoms with Crippen molar-refractivity contribution < 1.29 is 9.13 Å². The summed E-state index contributed by atoms with van der Waals surface area (Å²) in [5.41, 5.74) is 4.68. The minimum Gasteiger partial charge on any atom is -0.650 e. The highest BCUT2D eigenvalue weighted by Gasteiger charge is 2.51. The van der Waals surface area contributed by atoms with Gasteiger partial charge in [0.05, 0.1) is 16.0 Å². The number of rotatable bonds is 2. The van der Waals surface area contributed by atoms with E-state index >= 15 is 0 Å². The number of thiazole rings is 1. The molecule has 5 aromatic carbocycles. The predicted molar refractivity (Wildman–Crippen MR) is 139 cm³/mol. The first-order valence-electron chi connectivity index (χ1n) is 11.3. The number of nitrogens with zero attached hydrogens (tertiary/aromatic N) is 1. The molecule has 1 aliphatic rings. The van der Waals surface area contributed by atoms with E-state index in [0.717, 1.165) is 22.2 Å². The Labute approximate surface area is 196 Å². The smallest absolute Gasteiger partial charge is 0.514 e. The maximum Gasteiger partial charge on any atom is 0.514 e. The maximum absolute atomic E-state index is 7.22. The molecule has 0 N–H and O–H groups in total. The highest BCUT2D eigenvalue weighted by Crippen LogP contribution is 2.41. The lowest BCUT2D eigenvalue weighted by Crippen LogP contribution is -2.83. The van der Waals surface area contributed by atoms with Crippen molar-refractivity contribution in [3.8, 4) is 16.3 Å². The zero-order valence-corrected chi connectivity index (χ0v) is 18.7. The number of aromatic nitrogens is 1. The first-order valence-corrected chi connectivity index (χ1v) is 12.1. The second-order valence-electron chi connectivity index (χ2n) is 8.62. The first kappa shape index (κ1) is 18.7. The molecular weight excluding hydrogens is 421 g/mol. The monoisotopic (exact) mass is 441 g/mol. The van der Waals surface area contributed by atoms with Crippen molar-refractivity contribution >= 4 is 49.7 Å². The molecule has 0 amide bonds. The van der Waals surface area contributed by atoms with Crippen LogP contribution in [0.2, 0.25) is 0 Å². The molecule has 33 heavy (non-hydrogen) atoms. The van der Waals surface area contributed by atoms with E-state index in [-0.39, 0.29) is 0 Å². The summed E-state index contributed by atoms with van der Waals surface area (Å²) in [7, 11) is 0. The lowest BCUT2D eigenvalue weighted by Gasteiger charge is -2.41. The molecule has 0 saturated carbocycles. The topological polar surface area (TPSA) is 13.1 Å². The van der Waals surface area contributed by atoms with Crippen molar-refractivity contribution in [1.82, 2.24) is 0 Å². The Kier molecular flexibility index (Phi) is 3.99. The van der Waals surface area contributed by atoms with Gasteiger partial charge in [-0.3, -0.25) is 0 Å². The second-order valence-corrected chi connectivity index (χ2v) is 9.65. The number of hydrogen-bond acceptors (Lipinski definition) is 2. The SMILES string of the molecule is c1ccc([B-]2(c3ccccc3)Oc3cc4ccccc4cc3-c3sc4ccccc4[n+]32)cc1. The van der Waals surface area contributed by atoms with Crippen LogP contribution in [0.25, 0.3) is 31.6 Å². The van der Waals surface area contributed by atoms with Crippen LogP contribution >= 0.6 is 11.3 Å². The molecule has 2 heterocycles. The fourth-order valence-corrected chi connectivity index (χ4v) is 6.57. The van der Waals surface area contributed by atoms with Gasteiger partial charge in [-0.15, -0.1) is 0 Å². The van der Waals surface area contributed by atoms with Gasteiger partial charge in [-0.05, 0) is 29.0 Å². The Hall–Kier alpha value is -3.89. The molecule has 1 aromatic heterocycles. The van der Waals surface area contributed by atoms with Crippen LogP contribution in [0.15, 0.2) is 121 Å². The van der Waals surface area contributed by atoms with Crippen molar-refractivity contribution in [2.75, 3.05) is 0 Å². The molecule has 6 aromatic rings. The summed E-state index contributed by atoms with van der Waals surface area (Å²) < 4.78 is 10.9. The molecule has 4 heteroatoms. The van der Waals surface area contributed by atoms with Gasteiger partial charge in [0, 0.05) is 6.07 Å². The molecule has 7 rings (SSSR count). The summed E-state index contributed by atoms with van der Waals surface area (Å²) in [4.78, 5) is 0. The van der Waals surface area contributed by atoms with Gasteiger partial charge in [0.2, 0.25) is 5.01 Å². The largest absolute Gasteiger partial charge is 0.650 e. The van der Waals surface area contributed by atoms with Crippen molar-refractivity contribution in [1.29, 1.82) is 0 Å². The predicted octanol–water partition coefficient (Wildman–Crippen LogP) is 5.51. The zero-order valence-electron chi connectivity index (χ0n) is 17.9. The van der Waals surface area contributed by atoms with Crippen LogP contribution in [0.5, 0.6) is 5.75 Å². The minimum absolute atomic E-state index is 0.938. The van der Waals surface area contributed by atoms with Crippen molar-refractivity contribution in [3.05, 3.63) is 121 Å². The van der Waals surface area contributed by atoms with Crippen LogP contribution < -0.4 is 20.1 Å². The van der Waals surface area contributed by atoms with Gasteiger partial charge in [0.1, 0.15) is 0 Å². The molecule has 0 bridgehead atoms. The summed E-state index contributed by atoms with van der Waals surface area (Å²) in [6.45, 7) is -1.74. The van der Waals surface area contributed by atoms with E-state index in [9.17, 15) is 0 Å². The van der Waals surface area contributed by atoms with Gasteiger partial charge in [-0.2, -0.15) is 0 Å². The lowest BCUT2D eigenvalue weighted by molar-refractivity contribution is -0.508. The van der Waals surface area contributed by atoms with E-state index in [4.69, 9.17) is 4.65 Å². The van der Waals surface area contributed by atoms with E-state index < -0.39 is 6.48 Å². The normalized spacial score (nSPS) is 13.9. The highest BCUT2D eigenvalue weighted by atomic mass is 32.1. The lowest BCUT2D eigenvalue weighted by atomic mass is 9.40. The van der Waals surface area contributed by atoms with Crippen molar-refractivity contribution in [2.24, 2.45) is 0 Å². The van der Waals surface area contributed by atoms with E-state index in [1.54, 1.807) is 0 Å².